The molecule has 2 aromatic carbocycles. The van der Waals surface area contributed by atoms with E-state index in [1.165, 1.54) is 0 Å². The van der Waals surface area contributed by atoms with Crippen LogP contribution in [-0.4, -0.2) is 34.0 Å². The van der Waals surface area contributed by atoms with E-state index in [1.54, 1.807) is 28.8 Å². The number of hydrogen-bond acceptors (Lipinski definition) is 3. The molecule has 0 saturated carbocycles. The molecule has 32 heavy (non-hydrogen) atoms. The third kappa shape index (κ3) is 9.05. The van der Waals surface area contributed by atoms with Crippen molar-refractivity contribution in [3.8, 4) is 0 Å². The monoisotopic (exact) mass is 494 g/mol. The molecule has 0 saturated heterocycles. The lowest BCUT2D eigenvalue weighted by atomic mass is 10.0. The Bertz CT molecular complexity index is 880. The van der Waals surface area contributed by atoms with E-state index < -0.39 is 6.04 Å². The third-order valence-corrected chi connectivity index (χ3v) is 6.37. The maximum atomic E-state index is 13.2. The molecule has 2 amide bonds. The van der Waals surface area contributed by atoms with Gasteiger partial charge in [-0.05, 0) is 81.3 Å². The molecule has 4 nitrogen and oxygen atoms in total. The fourth-order valence-corrected chi connectivity index (χ4v) is 4.35. The summed E-state index contributed by atoms with van der Waals surface area (Å²) < 4.78 is 0. The smallest absolute Gasteiger partial charge is 0.243 e. The van der Waals surface area contributed by atoms with Gasteiger partial charge in [-0.25, -0.2) is 0 Å². The van der Waals surface area contributed by atoms with Crippen molar-refractivity contribution in [2.45, 2.75) is 70.0 Å². The van der Waals surface area contributed by atoms with E-state index in [4.69, 9.17) is 23.2 Å². The highest BCUT2D eigenvalue weighted by Crippen LogP contribution is 2.22. The first-order valence-corrected chi connectivity index (χ1v) is 12.6. The number of hydrogen-bond donors (Lipinski definition) is 1. The molecule has 174 valence electrons. The number of amides is 2. The van der Waals surface area contributed by atoms with Gasteiger partial charge in [-0.2, -0.15) is 0 Å². The number of nitrogens with zero attached hydrogens (tertiary/aromatic N) is 1. The zero-order valence-corrected chi connectivity index (χ0v) is 21.5. The fraction of sp³-hybridized carbons (Fsp3) is 0.440. The van der Waals surface area contributed by atoms with Crippen molar-refractivity contribution >= 4 is 46.8 Å². The Labute approximate surface area is 206 Å². The average molecular weight is 496 g/mol. The molecule has 0 spiro atoms. The molecular formula is C25H32Cl2N2O2S. The summed E-state index contributed by atoms with van der Waals surface area (Å²) >= 11 is 13.6. The lowest BCUT2D eigenvalue weighted by Crippen LogP contribution is -2.53. The van der Waals surface area contributed by atoms with Gasteiger partial charge in [0.1, 0.15) is 6.04 Å². The summed E-state index contributed by atoms with van der Waals surface area (Å²) in [4.78, 5) is 29.0. The predicted molar refractivity (Wildman–Crippen MR) is 135 cm³/mol. The Kier molecular flexibility index (Phi) is 10.4. The maximum absolute atomic E-state index is 13.2. The number of carbonyl (C=O) groups is 2. The maximum Gasteiger partial charge on any atom is 0.243 e. The molecule has 1 N–H and O–H groups in total. The fourth-order valence-electron chi connectivity index (χ4n) is 3.25. The second-order valence-electron chi connectivity index (χ2n) is 8.72. The van der Waals surface area contributed by atoms with Crippen LogP contribution < -0.4 is 5.32 Å². The molecule has 2 aromatic rings. The highest BCUT2D eigenvalue weighted by Gasteiger charge is 2.30. The highest BCUT2D eigenvalue weighted by molar-refractivity contribution is 7.99. The minimum absolute atomic E-state index is 0.0208. The summed E-state index contributed by atoms with van der Waals surface area (Å²) in [7, 11) is 0. The second kappa shape index (κ2) is 12.5. The lowest BCUT2D eigenvalue weighted by Gasteiger charge is -2.33. The van der Waals surface area contributed by atoms with Crippen molar-refractivity contribution in [2.75, 3.05) is 5.75 Å². The molecule has 0 aliphatic rings. The molecule has 7 heteroatoms. The van der Waals surface area contributed by atoms with Crippen molar-refractivity contribution in [1.29, 1.82) is 0 Å². The summed E-state index contributed by atoms with van der Waals surface area (Å²) in [5, 5.41) is 4.38. The van der Waals surface area contributed by atoms with Gasteiger partial charge in [0.15, 0.2) is 0 Å². The zero-order chi connectivity index (χ0) is 23.7. The van der Waals surface area contributed by atoms with Gasteiger partial charge in [-0.15, -0.1) is 11.8 Å². The van der Waals surface area contributed by atoms with Gasteiger partial charge in [0.05, 0.1) is 0 Å². The molecule has 0 fully saturated rings. The minimum atomic E-state index is -0.527. The van der Waals surface area contributed by atoms with Crippen molar-refractivity contribution in [2.24, 2.45) is 0 Å². The largest absolute Gasteiger partial charge is 0.350 e. The molecule has 0 aliphatic carbocycles. The van der Waals surface area contributed by atoms with Crippen LogP contribution in [0, 0.1) is 0 Å². The van der Waals surface area contributed by atoms with Gasteiger partial charge >= 0.3 is 0 Å². The number of thioether (sulfide) groups is 1. The van der Waals surface area contributed by atoms with Crippen LogP contribution >= 0.6 is 35.0 Å². The Morgan fingerprint density at radius 1 is 1.00 bits per heavy atom. The molecule has 0 radical (unpaired) electrons. The predicted octanol–water partition coefficient (Wildman–Crippen LogP) is 6.59. The van der Waals surface area contributed by atoms with Crippen LogP contribution in [0.4, 0.5) is 0 Å². The Morgan fingerprint density at radius 3 is 2.09 bits per heavy atom. The van der Waals surface area contributed by atoms with E-state index in [0.717, 1.165) is 22.6 Å². The summed E-state index contributed by atoms with van der Waals surface area (Å²) in [6.07, 6.45) is 1.65. The first kappa shape index (κ1) is 26.6. The van der Waals surface area contributed by atoms with E-state index in [9.17, 15) is 9.59 Å². The quantitative estimate of drug-likeness (QED) is 0.299. The first-order valence-electron chi connectivity index (χ1n) is 10.8. The normalized spacial score (nSPS) is 12.3. The Hall–Kier alpha value is -1.69. The van der Waals surface area contributed by atoms with Crippen LogP contribution in [0.2, 0.25) is 10.0 Å². The van der Waals surface area contributed by atoms with Gasteiger partial charge in [-0.3, -0.25) is 9.59 Å². The number of benzene rings is 2. The van der Waals surface area contributed by atoms with Crippen LogP contribution in [0.5, 0.6) is 0 Å². The Morgan fingerprint density at radius 2 is 1.56 bits per heavy atom. The van der Waals surface area contributed by atoms with Crippen molar-refractivity contribution in [1.82, 2.24) is 10.2 Å². The molecule has 1 unspecified atom stereocenters. The van der Waals surface area contributed by atoms with Crippen molar-refractivity contribution < 1.29 is 9.59 Å². The van der Waals surface area contributed by atoms with Crippen LogP contribution in [0.3, 0.4) is 0 Å². The Balaban J connectivity index is 2.07. The van der Waals surface area contributed by atoms with Gasteiger partial charge in [0.2, 0.25) is 11.8 Å². The molecule has 2 rings (SSSR count). The highest BCUT2D eigenvalue weighted by atomic mass is 35.5. The topological polar surface area (TPSA) is 49.4 Å². The number of halogens is 2. The van der Waals surface area contributed by atoms with Crippen LogP contribution in [-0.2, 0) is 16.1 Å². The van der Waals surface area contributed by atoms with Gasteiger partial charge in [0.25, 0.3) is 0 Å². The van der Waals surface area contributed by atoms with Gasteiger partial charge < -0.3 is 10.2 Å². The minimum Gasteiger partial charge on any atom is -0.350 e. The first-order chi connectivity index (χ1) is 15.1. The van der Waals surface area contributed by atoms with Crippen LogP contribution in [0.25, 0.3) is 0 Å². The standard InChI is InChI=1S/C25H32Cl2N2O2S/c1-5-22(24(31)28-25(2,3)4)29(17-18-8-10-19(26)11-9-18)23(30)7-6-16-32-21-14-12-20(27)13-15-21/h8-15,22H,5-7,16-17H2,1-4H3,(H,28,31). The van der Waals surface area contributed by atoms with Crippen molar-refractivity contribution in [3.63, 3.8) is 0 Å². The molecule has 0 aliphatic heterocycles. The number of nitrogens with one attached hydrogen (secondary N) is 1. The molecular weight excluding hydrogens is 463 g/mol. The summed E-state index contributed by atoms with van der Waals surface area (Å²) in [5.74, 6) is 0.665. The van der Waals surface area contributed by atoms with Gasteiger partial charge in [0, 0.05) is 33.4 Å². The summed E-state index contributed by atoms with van der Waals surface area (Å²) in [6.45, 7) is 8.13. The molecule has 0 heterocycles. The van der Waals surface area contributed by atoms with E-state index >= 15 is 0 Å². The van der Waals surface area contributed by atoms with Crippen LogP contribution in [0.15, 0.2) is 53.4 Å². The van der Waals surface area contributed by atoms with E-state index in [0.29, 0.717) is 29.4 Å². The van der Waals surface area contributed by atoms with Crippen LogP contribution in [0.1, 0.15) is 52.5 Å². The van der Waals surface area contributed by atoms with E-state index in [-0.39, 0.29) is 17.4 Å². The average Bonchev–Trinajstić information content (AvgIpc) is 2.72. The van der Waals surface area contributed by atoms with Crippen molar-refractivity contribution in [3.05, 3.63) is 64.1 Å². The zero-order valence-electron chi connectivity index (χ0n) is 19.2. The molecule has 1 atom stereocenters. The van der Waals surface area contributed by atoms with E-state index in [1.807, 2.05) is 64.1 Å². The third-order valence-electron chi connectivity index (χ3n) is 4.77. The SMILES string of the molecule is CCC(C(=O)NC(C)(C)C)N(Cc1ccc(Cl)cc1)C(=O)CCCSc1ccc(Cl)cc1. The molecule has 0 bridgehead atoms. The number of carbonyl (C=O) groups excluding carboxylic acids is 2. The summed E-state index contributed by atoms with van der Waals surface area (Å²) in [5.41, 5.74) is 0.578. The van der Waals surface area contributed by atoms with Gasteiger partial charge in [-0.1, -0.05) is 42.3 Å². The number of rotatable bonds is 10. The molecule has 0 aromatic heterocycles. The van der Waals surface area contributed by atoms with E-state index in [2.05, 4.69) is 5.32 Å². The summed E-state index contributed by atoms with van der Waals surface area (Å²) in [6, 6.07) is 14.6. The second-order valence-corrected chi connectivity index (χ2v) is 10.8. The lowest BCUT2D eigenvalue weighted by molar-refractivity contribution is -0.142.